The van der Waals surface area contributed by atoms with E-state index in [1.807, 2.05) is 17.7 Å². The first-order chi connectivity index (χ1) is 9.70. The van der Waals surface area contributed by atoms with Crippen molar-refractivity contribution >= 4 is 5.91 Å². The molecule has 0 aliphatic carbocycles. The van der Waals surface area contributed by atoms with Crippen molar-refractivity contribution in [1.82, 2.24) is 19.9 Å². The Morgan fingerprint density at radius 3 is 3.15 bits per heavy atom. The predicted octanol–water partition coefficient (Wildman–Crippen LogP) is 1.10. The molecule has 0 aliphatic rings. The number of nitrogens with zero attached hydrogens (tertiary/aromatic N) is 3. The van der Waals surface area contributed by atoms with Crippen molar-refractivity contribution in [3.63, 3.8) is 0 Å². The van der Waals surface area contributed by atoms with Gasteiger partial charge in [-0.2, -0.15) is 0 Å². The molecule has 108 valence electrons. The van der Waals surface area contributed by atoms with Crippen molar-refractivity contribution in [2.45, 2.75) is 32.4 Å². The summed E-state index contributed by atoms with van der Waals surface area (Å²) in [6.45, 7) is 3.31. The lowest BCUT2D eigenvalue weighted by Crippen LogP contribution is -2.25. The lowest BCUT2D eigenvalue weighted by molar-refractivity contribution is 0.0947. The summed E-state index contributed by atoms with van der Waals surface area (Å²) in [6, 6.07) is -0.266. The Kier molecular flexibility index (Phi) is 4.89. The topological polar surface area (TPSA) is 99.0 Å². The Balaban J connectivity index is 1.75. The Morgan fingerprint density at radius 1 is 1.60 bits per heavy atom. The molecular weight excluding hydrogens is 258 g/mol. The smallest absolute Gasteiger partial charge is 0.273 e. The van der Waals surface area contributed by atoms with E-state index in [4.69, 9.17) is 10.2 Å². The number of hydrogen-bond donors (Lipinski definition) is 2. The van der Waals surface area contributed by atoms with Crippen LogP contribution in [-0.4, -0.2) is 27.0 Å². The molecule has 0 bridgehead atoms. The summed E-state index contributed by atoms with van der Waals surface area (Å²) in [7, 11) is 0. The van der Waals surface area contributed by atoms with E-state index in [0.717, 1.165) is 13.0 Å². The molecule has 0 fully saturated rings. The SMILES string of the molecule is CCC(N)c1nc(C(=O)NCCCn2ccnc2)co1. The summed E-state index contributed by atoms with van der Waals surface area (Å²) in [4.78, 5) is 19.9. The fourth-order valence-corrected chi connectivity index (χ4v) is 1.71. The van der Waals surface area contributed by atoms with Gasteiger partial charge in [0.1, 0.15) is 6.26 Å². The Morgan fingerprint density at radius 2 is 2.45 bits per heavy atom. The Hall–Kier alpha value is -2.15. The highest BCUT2D eigenvalue weighted by molar-refractivity contribution is 5.91. The number of aryl methyl sites for hydroxylation is 1. The maximum atomic E-state index is 11.8. The van der Waals surface area contributed by atoms with Crippen LogP contribution in [-0.2, 0) is 6.54 Å². The first-order valence-electron chi connectivity index (χ1n) is 6.65. The number of aromatic nitrogens is 3. The van der Waals surface area contributed by atoms with Gasteiger partial charge >= 0.3 is 0 Å². The number of imidazole rings is 1. The molecular formula is C13H19N5O2. The molecule has 2 aromatic rings. The van der Waals surface area contributed by atoms with Crippen LogP contribution in [0.1, 0.15) is 42.2 Å². The molecule has 2 rings (SSSR count). The highest BCUT2D eigenvalue weighted by Crippen LogP contribution is 2.12. The van der Waals surface area contributed by atoms with E-state index in [0.29, 0.717) is 18.9 Å². The molecule has 0 aliphatic heterocycles. The molecule has 7 heteroatoms. The van der Waals surface area contributed by atoms with Gasteiger partial charge in [-0.05, 0) is 12.8 Å². The average molecular weight is 277 g/mol. The number of amides is 1. The van der Waals surface area contributed by atoms with Crippen LogP contribution in [0.15, 0.2) is 29.4 Å². The fourth-order valence-electron chi connectivity index (χ4n) is 1.71. The standard InChI is InChI=1S/C13H19N5O2/c1-2-10(14)13-17-11(8-20-13)12(19)16-4-3-6-18-7-5-15-9-18/h5,7-10H,2-4,6,14H2,1H3,(H,16,19). The summed E-state index contributed by atoms with van der Waals surface area (Å²) in [5.74, 6) is 0.157. The maximum Gasteiger partial charge on any atom is 0.273 e. The molecule has 1 amide bonds. The quantitative estimate of drug-likeness (QED) is 0.738. The molecule has 0 aromatic carbocycles. The molecule has 7 nitrogen and oxygen atoms in total. The molecule has 2 aromatic heterocycles. The second-order valence-corrected chi connectivity index (χ2v) is 4.50. The second kappa shape index (κ2) is 6.85. The van der Waals surface area contributed by atoms with Crippen LogP contribution in [0.5, 0.6) is 0 Å². The summed E-state index contributed by atoms with van der Waals surface area (Å²) in [5, 5.41) is 2.80. The van der Waals surface area contributed by atoms with E-state index in [1.165, 1.54) is 6.26 Å². The third-order valence-corrected chi connectivity index (χ3v) is 2.95. The monoisotopic (exact) mass is 277 g/mol. The zero-order valence-corrected chi connectivity index (χ0v) is 11.5. The molecule has 1 atom stereocenters. The minimum absolute atomic E-state index is 0.242. The summed E-state index contributed by atoms with van der Waals surface area (Å²) >= 11 is 0. The molecule has 3 N–H and O–H groups in total. The summed E-state index contributed by atoms with van der Waals surface area (Å²) in [6.07, 6.45) is 8.24. The summed E-state index contributed by atoms with van der Waals surface area (Å²) in [5.41, 5.74) is 6.06. The van der Waals surface area contributed by atoms with Gasteiger partial charge in [-0.1, -0.05) is 6.92 Å². The van der Waals surface area contributed by atoms with Crippen LogP contribution < -0.4 is 11.1 Å². The van der Waals surface area contributed by atoms with E-state index >= 15 is 0 Å². The van der Waals surface area contributed by atoms with E-state index in [-0.39, 0.29) is 17.6 Å². The molecule has 2 heterocycles. The zero-order chi connectivity index (χ0) is 14.4. The summed E-state index contributed by atoms with van der Waals surface area (Å²) < 4.78 is 7.15. The van der Waals surface area contributed by atoms with Crippen LogP contribution >= 0.6 is 0 Å². The second-order valence-electron chi connectivity index (χ2n) is 4.50. The van der Waals surface area contributed by atoms with E-state index in [1.54, 1.807) is 12.5 Å². The van der Waals surface area contributed by atoms with Gasteiger partial charge in [0.25, 0.3) is 5.91 Å². The van der Waals surface area contributed by atoms with Crippen molar-refractivity contribution < 1.29 is 9.21 Å². The first kappa shape index (κ1) is 14.3. The number of nitrogens with one attached hydrogen (secondary N) is 1. The lowest BCUT2D eigenvalue weighted by Gasteiger charge is -2.04. The van der Waals surface area contributed by atoms with Gasteiger partial charge in [0.2, 0.25) is 5.89 Å². The van der Waals surface area contributed by atoms with E-state index in [9.17, 15) is 4.79 Å². The largest absolute Gasteiger partial charge is 0.446 e. The normalized spacial score (nSPS) is 12.3. The molecule has 0 saturated heterocycles. The van der Waals surface area contributed by atoms with Crippen molar-refractivity contribution in [1.29, 1.82) is 0 Å². The maximum absolute atomic E-state index is 11.8. The van der Waals surface area contributed by atoms with Crippen molar-refractivity contribution in [2.75, 3.05) is 6.54 Å². The number of nitrogens with two attached hydrogens (primary N) is 1. The highest BCUT2D eigenvalue weighted by Gasteiger charge is 2.15. The van der Waals surface area contributed by atoms with Crippen molar-refractivity contribution in [2.24, 2.45) is 5.73 Å². The van der Waals surface area contributed by atoms with Crippen LogP contribution in [0.4, 0.5) is 0 Å². The van der Waals surface area contributed by atoms with Gasteiger partial charge in [-0.3, -0.25) is 4.79 Å². The lowest BCUT2D eigenvalue weighted by atomic mass is 10.2. The molecule has 0 radical (unpaired) electrons. The number of hydrogen-bond acceptors (Lipinski definition) is 5. The minimum atomic E-state index is -0.266. The van der Waals surface area contributed by atoms with Crippen LogP contribution in [0.3, 0.4) is 0 Å². The van der Waals surface area contributed by atoms with Crippen molar-refractivity contribution in [3.05, 3.63) is 36.6 Å². The van der Waals surface area contributed by atoms with Crippen LogP contribution in [0.2, 0.25) is 0 Å². The van der Waals surface area contributed by atoms with Gasteiger partial charge in [-0.15, -0.1) is 0 Å². The van der Waals surface area contributed by atoms with Gasteiger partial charge in [0, 0.05) is 25.5 Å². The van der Waals surface area contributed by atoms with Gasteiger partial charge in [-0.25, -0.2) is 9.97 Å². The predicted molar refractivity (Wildman–Crippen MR) is 72.9 cm³/mol. The number of rotatable bonds is 7. The van der Waals surface area contributed by atoms with E-state index < -0.39 is 0 Å². The van der Waals surface area contributed by atoms with Gasteiger partial charge < -0.3 is 20.0 Å². The number of carbonyl (C=O) groups excluding carboxylic acids is 1. The zero-order valence-electron chi connectivity index (χ0n) is 11.5. The first-order valence-corrected chi connectivity index (χ1v) is 6.65. The van der Waals surface area contributed by atoms with Crippen molar-refractivity contribution in [3.8, 4) is 0 Å². The number of carbonyl (C=O) groups is 1. The van der Waals surface area contributed by atoms with Crippen LogP contribution in [0, 0.1) is 0 Å². The minimum Gasteiger partial charge on any atom is -0.446 e. The highest BCUT2D eigenvalue weighted by atomic mass is 16.3. The van der Waals surface area contributed by atoms with E-state index in [2.05, 4.69) is 15.3 Å². The van der Waals surface area contributed by atoms with Crippen LogP contribution in [0.25, 0.3) is 0 Å². The van der Waals surface area contributed by atoms with Gasteiger partial charge in [0.05, 0.1) is 12.4 Å². The molecule has 0 saturated carbocycles. The molecule has 1 unspecified atom stereocenters. The third-order valence-electron chi connectivity index (χ3n) is 2.95. The Labute approximate surface area is 117 Å². The number of oxazole rings is 1. The fraction of sp³-hybridized carbons (Fsp3) is 0.462. The molecule has 20 heavy (non-hydrogen) atoms. The Bertz CT molecular complexity index is 535. The van der Waals surface area contributed by atoms with Gasteiger partial charge in [0.15, 0.2) is 5.69 Å². The molecule has 0 spiro atoms. The average Bonchev–Trinajstić information content (AvgIpc) is 3.13. The third kappa shape index (κ3) is 3.67.